The highest BCUT2D eigenvalue weighted by atomic mass is 16.3. The summed E-state index contributed by atoms with van der Waals surface area (Å²) < 4.78 is 0. The maximum atomic E-state index is 12.1. The number of aliphatic hydroxyl groups is 1. The Balaban J connectivity index is 1.78. The molecule has 5 heteroatoms. The molecule has 2 amide bonds. The summed E-state index contributed by atoms with van der Waals surface area (Å²) in [7, 11) is 0. The van der Waals surface area contributed by atoms with Gasteiger partial charge in [0.25, 0.3) is 5.91 Å². The van der Waals surface area contributed by atoms with Crippen LogP contribution >= 0.6 is 0 Å². The van der Waals surface area contributed by atoms with Gasteiger partial charge in [-0.05, 0) is 49.9 Å². The first-order chi connectivity index (χ1) is 11.4. The highest BCUT2D eigenvalue weighted by Crippen LogP contribution is 2.26. The van der Waals surface area contributed by atoms with Crippen molar-refractivity contribution in [2.24, 2.45) is 0 Å². The molecule has 0 unspecified atom stereocenters. The van der Waals surface area contributed by atoms with Crippen molar-refractivity contribution in [3.63, 3.8) is 0 Å². The topological polar surface area (TPSA) is 78.4 Å². The fourth-order valence-corrected chi connectivity index (χ4v) is 3.03. The summed E-state index contributed by atoms with van der Waals surface area (Å²) in [5.74, 6) is -0.536. The molecule has 1 aromatic carbocycles. The second-order valence-electron chi connectivity index (χ2n) is 6.90. The monoisotopic (exact) mass is 332 g/mol. The van der Waals surface area contributed by atoms with Gasteiger partial charge >= 0.3 is 0 Å². The molecule has 0 spiro atoms. The zero-order valence-corrected chi connectivity index (χ0v) is 14.7. The van der Waals surface area contributed by atoms with Crippen molar-refractivity contribution >= 4 is 11.8 Å². The maximum absolute atomic E-state index is 12.1. The van der Waals surface area contributed by atoms with Crippen LogP contribution in [0.1, 0.15) is 60.0 Å². The molecule has 0 atom stereocenters. The molecule has 132 valence electrons. The first kappa shape index (κ1) is 18.5. The van der Waals surface area contributed by atoms with Crippen molar-refractivity contribution in [1.82, 2.24) is 10.6 Å². The fourth-order valence-electron chi connectivity index (χ4n) is 3.03. The minimum atomic E-state index is -0.801. The minimum Gasteiger partial charge on any atom is -0.388 e. The number of hydrogen-bond donors (Lipinski definition) is 3. The molecule has 0 aliphatic heterocycles. The second-order valence-corrected chi connectivity index (χ2v) is 6.90. The summed E-state index contributed by atoms with van der Waals surface area (Å²) in [6.07, 6.45) is 5.72. The summed E-state index contributed by atoms with van der Waals surface area (Å²) in [6.45, 7) is 4.11. The zero-order valence-electron chi connectivity index (χ0n) is 14.7. The van der Waals surface area contributed by atoms with Crippen LogP contribution in [0.4, 0.5) is 0 Å². The Morgan fingerprint density at radius 1 is 1.04 bits per heavy atom. The number of benzene rings is 1. The molecule has 1 fully saturated rings. The molecule has 1 aliphatic carbocycles. The van der Waals surface area contributed by atoms with Gasteiger partial charge in [-0.15, -0.1) is 0 Å². The zero-order chi connectivity index (χ0) is 17.6. The van der Waals surface area contributed by atoms with Crippen LogP contribution in [0.25, 0.3) is 0 Å². The van der Waals surface area contributed by atoms with Crippen LogP contribution in [-0.2, 0) is 4.79 Å². The first-order valence-electron chi connectivity index (χ1n) is 8.74. The van der Waals surface area contributed by atoms with Gasteiger partial charge in [0.05, 0.1) is 12.1 Å². The third-order valence-electron chi connectivity index (χ3n) is 4.83. The first-order valence-corrected chi connectivity index (χ1v) is 8.74. The van der Waals surface area contributed by atoms with E-state index in [0.717, 1.165) is 49.7 Å². The second kappa shape index (κ2) is 8.29. The molecule has 0 aromatic heterocycles. The van der Waals surface area contributed by atoms with E-state index in [-0.39, 0.29) is 24.9 Å². The third-order valence-corrected chi connectivity index (χ3v) is 4.83. The molecule has 2 rings (SSSR count). The molecule has 0 heterocycles. The number of carbonyl (C=O) groups excluding carboxylic acids is 2. The van der Waals surface area contributed by atoms with Gasteiger partial charge in [-0.25, -0.2) is 0 Å². The Morgan fingerprint density at radius 2 is 1.71 bits per heavy atom. The van der Waals surface area contributed by atoms with Crippen molar-refractivity contribution < 1.29 is 14.7 Å². The van der Waals surface area contributed by atoms with E-state index in [1.165, 1.54) is 0 Å². The lowest BCUT2D eigenvalue weighted by Gasteiger charge is -2.26. The molecule has 1 saturated carbocycles. The van der Waals surface area contributed by atoms with Gasteiger partial charge in [-0.1, -0.05) is 31.7 Å². The average molecular weight is 332 g/mol. The van der Waals surface area contributed by atoms with Gasteiger partial charge in [0, 0.05) is 12.1 Å². The van der Waals surface area contributed by atoms with Gasteiger partial charge in [-0.2, -0.15) is 0 Å². The number of nitrogens with one attached hydrogen (secondary N) is 2. The molecule has 0 bridgehead atoms. The van der Waals surface area contributed by atoms with Crippen molar-refractivity contribution in [3.8, 4) is 0 Å². The van der Waals surface area contributed by atoms with E-state index in [2.05, 4.69) is 10.6 Å². The predicted molar refractivity (Wildman–Crippen MR) is 93.9 cm³/mol. The Morgan fingerprint density at radius 3 is 2.33 bits per heavy atom. The van der Waals surface area contributed by atoms with Crippen LogP contribution in [0, 0.1) is 13.8 Å². The smallest absolute Gasteiger partial charge is 0.251 e. The lowest BCUT2D eigenvalue weighted by atomic mass is 9.94. The summed E-state index contributed by atoms with van der Waals surface area (Å²) in [5, 5.41) is 15.9. The highest BCUT2D eigenvalue weighted by Gasteiger charge is 2.28. The maximum Gasteiger partial charge on any atom is 0.251 e. The summed E-state index contributed by atoms with van der Waals surface area (Å²) in [6, 6.07) is 5.46. The number of amides is 2. The molecule has 3 N–H and O–H groups in total. The van der Waals surface area contributed by atoms with E-state index in [1.54, 1.807) is 6.07 Å². The van der Waals surface area contributed by atoms with Crippen LogP contribution < -0.4 is 10.6 Å². The highest BCUT2D eigenvalue weighted by molar-refractivity contribution is 5.96. The van der Waals surface area contributed by atoms with E-state index in [1.807, 2.05) is 26.0 Å². The molecule has 5 nitrogen and oxygen atoms in total. The van der Waals surface area contributed by atoms with Crippen molar-refractivity contribution in [2.45, 2.75) is 58.0 Å². The van der Waals surface area contributed by atoms with Crippen LogP contribution in [0.3, 0.4) is 0 Å². The van der Waals surface area contributed by atoms with Gasteiger partial charge in [-0.3, -0.25) is 9.59 Å². The normalized spacial score (nSPS) is 17.0. The van der Waals surface area contributed by atoms with Crippen LogP contribution in [0.2, 0.25) is 0 Å². The minimum absolute atomic E-state index is 0.0815. The molecule has 0 saturated heterocycles. The lowest BCUT2D eigenvalue weighted by molar-refractivity contribution is -0.121. The number of carbonyl (C=O) groups is 2. The van der Waals surface area contributed by atoms with Crippen molar-refractivity contribution in [1.29, 1.82) is 0 Å². The molecule has 1 aliphatic rings. The van der Waals surface area contributed by atoms with Crippen LogP contribution in [0.15, 0.2) is 18.2 Å². The van der Waals surface area contributed by atoms with Gasteiger partial charge in [0.1, 0.15) is 0 Å². The van der Waals surface area contributed by atoms with E-state index < -0.39 is 5.60 Å². The summed E-state index contributed by atoms with van der Waals surface area (Å²) >= 11 is 0. The fraction of sp³-hybridized carbons (Fsp3) is 0.579. The number of rotatable bonds is 5. The van der Waals surface area contributed by atoms with Crippen molar-refractivity contribution in [3.05, 3.63) is 34.9 Å². The SMILES string of the molecule is Cc1ccc(C(=O)NCC(=O)NCC2(O)CCCCCC2)cc1C. The van der Waals surface area contributed by atoms with E-state index in [0.29, 0.717) is 5.56 Å². The largest absolute Gasteiger partial charge is 0.388 e. The third kappa shape index (κ3) is 5.34. The van der Waals surface area contributed by atoms with E-state index >= 15 is 0 Å². The molecular weight excluding hydrogens is 304 g/mol. The Labute approximate surface area is 143 Å². The summed E-state index contributed by atoms with van der Waals surface area (Å²) in [4.78, 5) is 24.0. The molecule has 0 radical (unpaired) electrons. The summed E-state index contributed by atoms with van der Waals surface area (Å²) in [5.41, 5.74) is 1.92. The van der Waals surface area contributed by atoms with Crippen LogP contribution in [0.5, 0.6) is 0 Å². The van der Waals surface area contributed by atoms with Gasteiger partial charge in [0.15, 0.2) is 0 Å². The van der Waals surface area contributed by atoms with E-state index in [9.17, 15) is 14.7 Å². The molecular formula is C19H28N2O3. The molecule has 1 aromatic rings. The quantitative estimate of drug-likeness (QED) is 0.724. The standard InChI is InChI=1S/C19H28N2O3/c1-14-7-8-16(11-15(14)2)18(23)20-12-17(22)21-13-19(24)9-5-3-4-6-10-19/h7-8,11,24H,3-6,9-10,12-13H2,1-2H3,(H,20,23)(H,21,22). The predicted octanol–water partition coefficient (Wildman–Crippen LogP) is 2.23. The van der Waals surface area contributed by atoms with Gasteiger partial charge in [0.2, 0.25) is 5.91 Å². The number of aryl methyl sites for hydroxylation is 2. The average Bonchev–Trinajstić information content (AvgIpc) is 2.78. The Kier molecular flexibility index (Phi) is 6.37. The van der Waals surface area contributed by atoms with E-state index in [4.69, 9.17) is 0 Å². The van der Waals surface area contributed by atoms with Crippen molar-refractivity contribution in [2.75, 3.05) is 13.1 Å². The van der Waals surface area contributed by atoms with Gasteiger partial charge < -0.3 is 15.7 Å². The Bertz CT molecular complexity index is 590. The lowest BCUT2D eigenvalue weighted by Crippen LogP contribution is -2.45. The number of hydrogen-bond acceptors (Lipinski definition) is 3. The Hall–Kier alpha value is -1.88. The van der Waals surface area contributed by atoms with Crippen LogP contribution in [-0.4, -0.2) is 35.6 Å². The molecule has 24 heavy (non-hydrogen) atoms.